The van der Waals surface area contributed by atoms with E-state index in [9.17, 15) is 0 Å². The molecule has 41 heavy (non-hydrogen) atoms. The van der Waals surface area contributed by atoms with Crippen molar-refractivity contribution in [3.05, 3.63) is 59.7 Å². The summed E-state index contributed by atoms with van der Waals surface area (Å²) in [5.41, 5.74) is 2.86. The van der Waals surface area contributed by atoms with Gasteiger partial charge in [-0.05, 0) is 61.1 Å². The van der Waals surface area contributed by atoms with Crippen LogP contribution in [0.2, 0.25) is 0 Å². The molecule has 0 radical (unpaired) electrons. The number of benzene rings is 2. The van der Waals surface area contributed by atoms with Crippen LogP contribution in [0.25, 0.3) is 0 Å². The molecule has 216 valence electrons. The summed E-state index contributed by atoms with van der Waals surface area (Å²) in [6, 6.07) is 17.5. The molecule has 0 heterocycles. The van der Waals surface area contributed by atoms with Gasteiger partial charge in [-0.2, -0.15) is 0 Å². The van der Waals surface area contributed by atoms with Gasteiger partial charge in [-0.1, -0.05) is 154 Å². The second-order valence-corrected chi connectivity index (χ2v) is 11.3. The summed E-state index contributed by atoms with van der Waals surface area (Å²) in [6.07, 6.45) is 30.3. The summed E-state index contributed by atoms with van der Waals surface area (Å²) in [6.45, 7) is 4.58. The first-order valence-electron chi connectivity index (χ1n) is 16.2. The first kappa shape index (κ1) is 47.6. The molecular weight excluding hydrogens is 540 g/mol. The van der Waals surface area contributed by atoms with Crippen molar-refractivity contribution in [1.29, 1.82) is 0 Å². The minimum atomic E-state index is 0. The van der Waals surface area contributed by atoms with E-state index in [2.05, 4.69) is 62.4 Å². The van der Waals surface area contributed by atoms with E-state index >= 15 is 0 Å². The summed E-state index contributed by atoms with van der Waals surface area (Å²) in [4.78, 5) is 0. The Morgan fingerprint density at radius 3 is 0.854 bits per heavy atom. The summed E-state index contributed by atoms with van der Waals surface area (Å²) >= 11 is 0. The zero-order valence-corrected chi connectivity index (χ0v) is 24.6. The zero-order chi connectivity index (χ0) is 26.2. The molecule has 2 aromatic carbocycles. The van der Waals surface area contributed by atoms with Gasteiger partial charge in [0, 0.05) is 0 Å². The van der Waals surface area contributed by atoms with Crippen LogP contribution in [0.15, 0.2) is 48.5 Å². The molecule has 0 aliphatic carbocycles. The molecule has 0 saturated heterocycles. The fraction of sp³-hybridized carbons (Fsp3) is 0.667. The van der Waals surface area contributed by atoms with E-state index in [0.717, 1.165) is 11.5 Å². The van der Waals surface area contributed by atoms with Gasteiger partial charge in [0.2, 0.25) is 0 Å². The minimum absolute atomic E-state index is 0. The third kappa shape index (κ3) is 27.1. The molecule has 0 spiro atoms. The molecule has 0 bridgehead atoms. The Bertz CT molecular complexity index is 699. The average Bonchev–Trinajstić information content (AvgIpc) is 2.92. The molecule has 5 heteroatoms. The van der Waals surface area contributed by atoms with Crippen LogP contribution < -0.4 is 4.74 Å². The maximum atomic E-state index is 6.10. The van der Waals surface area contributed by atoms with Crippen LogP contribution in [0.5, 0.6) is 11.5 Å². The Balaban J connectivity index is -0.00000361. The summed E-state index contributed by atoms with van der Waals surface area (Å²) in [5, 5.41) is 0. The van der Waals surface area contributed by atoms with Gasteiger partial charge in [-0.15, -0.1) is 0 Å². The van der Waals surface area contributed by atoms with Crippen LogP contribution in [-0.2, 0) is 12.8 Å². The van der Waals surface area contributed by atoms with Gasteiger partial charge in [0.05, 0.1) is 0 Å². The topological polar surface area (TPSA) is 9.23 Å². The Labute approximate surface area is 344 Å². The molecule has 0 atom stereocenters. The monoisotopic (exact) mass is 602 g/mol. The zero-order valence-electron chi connectivity index (χ0n) is 24.6. The predicted molar refractivity (Wildman–Crippen MR) is 193 cm³/mol. The summed E-state index contributed by atoms with van der Waals surface area (Å²) in [5.74, 6) is 1.88. The third-order valence-electron chi connectivity index (χ3n) is 7.72. The van der Waals surface area contributed by atoms with Gasteiger partial charge < -0.3 is 4.74 Å². The van der Waals surface area contributed by atoms with Gasteiger partial charge >= 0.3 is 118 Å². The standard InChI is InChI=1S/C36H58O.4Na.4H/c1-3-5-7-9-11-13-15-17-19-21-23-33-25-29-35(30-26-33)37-36-31-27-34(28-32-36)24-22-20-18-16-14-12-10-8-6-4-2;;;;;;;;/h25-32H,3-24H2,1-2H3;;;;;;;;. The van der Waals surface area contributed by atoms with E-state index in [1.165, 1.54) is 152 Å². The number of hydrogen-bond donors (Lipinski definition) is 0. The van der Waals surface area contributed by atoms with Gasteiger partial charge in [0.15, 0.2) is 0 Å². The average molecular weight is 603 g/mol. The molecule has 0 fully saturated rings. The van der Waals surface area contributed by atoms with Gasteiger partial charge in [0.1, 0.15) is 11.5 Å². The molecule has 0 saturated carbocycles. The number of unbranched alkanes of at least 4 members (excludes halogenated alkanes) is 18. The summed E-state index contributed by atoms with van der Waals surface area (Å²) in [7, 11) is 0. The Morgan fingerprint density at radius 2 is 0.585 bits per heavy atom. The van der Waals surface area contributed by atoms with Crippen LogP contribution in [0.4, 0.5) is 0 Å². The van der Waals surface area contributed by atoms with E-state index in [1.807, 2.05) is 0 Å². The van der Waals surface area contributed by atoms with Crippen molar-refractivity contribution in [3.63, 3.8) is 0 Å². The Hall–Kier alpha value is 2.24. The van der Waals surface area contributed by atoms with Crippen LogP contribution in [0.1, 0.15) is 153 Å². The number of rotatable bonds is 24. The Kier molecular flexibility index (Phi) is 40.8. The fourth-order valence-corrected chi connectivity index (χ4v) is 5.22. The van der Waals surface area contributed by atoms with Crippen molar-refractivity contribution >= 4 is 118 Å². The number of ether oxygens (including phenoxy) is 1. The molecule has 0 aromatic heterocycles. The van der Waals surface area contributed by atoms with Crippen molar-refractivity contribution in [2.24, 2.45) is 0 Å². The van der Waals surface area contributed by atoms with E-state index < -0.39 is 0 Å². The SMILES string of the molecule is CCCCCCCCCCCCc1ccc(Oc2ccc(CCCCCCCCCCCC)cc2)cc1.[NaH].[NaH].[NaH].[NaH]. The Morgan fingerprint density at radius 1 is 0.341 bits per heavy atom. The van der Waals surface area contributed by atoms with Crippen LogP contribution in [-0.4, -0.2) is 118 Å². The second kappa shape index (κ2) is 35.1. The van der Waals surface area contributed by atoms with E-state index in [1.54, 1.807) is 0 Å². The van der Waals surface area contributed by atoms with Crippen molar-refractivity contribution < 1.29 is 4.74 Å². The fourth-order valence-electron chi connectivity index (χ4n) is 5.22. The number of aryl methyl sites for hydroxylation is 2. The van der Waals surface area contributed by atoms with Crippen molar-refractivity contribution in [2.75, 3.05) is 0 Å². The molecule has 0 aliphatic heterocycles. The molecule has 0 N–H and O–H groups in total. The van der Waals surface area contributed by atoms with E-state index in [4.69, 9.17) is 4.74 Å². The molecular formula is C36H62Na4O. The second-order valence-electron chi connectivity index (χ2n) is 11.3. The molecule has 2 rings (SSSR count). The molecule has 2 aromatic rings. The maximum absolute atomic E-state index is 6.10. The van der Waals surface area contributed by atoms with E-state index in [0.29, 0.717) is 0 Å². The first-order valence-corrected chi connectivity index (χ1v) is 16.2. The van der Waals surface area contributed by atoms with Crippen LogP contribution in [0.3, 0.4) is 0 Å². The van der Waals surface area contributed by atoms with Gasteiger partial charge in [0.25, 0.3) is 0 Å². The van der Waals surface area contributed by atoms with Crippen molar-refractivity contribution in [1.82, 2.24) is 0 Å². The van der Waals surface area contributed by atoms with Crippen LogP contribution >= 0.6 is 0 Å². The van der Waals surface area contributed by atoms with Crippen molar-refractivity contribution in [2.45, 2.75) is 155 Å². The molecule has 1 nitrogen and oxygen atoms in total. The number of hydrogen-bond acceptors (Lipinski definition) is 1. The normalized spacial score (nSPS) is 10.1. The van der Waals surface area contributed by atoms with Crippen LogP contribution in [0, 0.1) is 0 Å². The van der Waals surface area contributed by atoms with E-state index in [-0.39, 0.29) is 118 Å². The van der Waals surface area contributed by atoms with Gasteiger partial charge in [-0.3, -0.25) is 0 Å². The quantitative estimate of drug-likeness (QED) is 0.0858. The molecule has 0 aliphatic rings. The molecule has 0 unspecified atom stereocenters. The van der Waals surface area contributed by atoms with Crippen molar-refractivity contribution in [3.8, 4) is 11.5 Å². The summed E-state index contributed by atoms with van der Waals surface area (Å²) < 4.78 is 6.10. The van der Waals surface area contributed by atoms with Gasteiger partial charge in [-0.25, -0.2) is 0 Å². The predicted octanol–water partition coefficient (Wildman–Crippen LogP) is 9.81. The first-order chi connectivity index (χ1) is 18.3. The molecule has 0 amide bonds. The third-order valence-corrected chi connectivity index (χ3v) is 7.72.